The van der Waals surface area contributed by atoms with Gasteiger partial charge >= 0.3 is 0 Å². The van der Waals surface area contributed by atoms with E-state index in [2.05, 4.69) is 48.2 Å². The molecule has 0 radical (unpaired) electrons. The summed E-state index contributed by atoms with van der Waals surface area (Å²) in [5, 5.41) is 0. The molecule has 2 aliphatic rings. The monoisotopic (exact) mass is 343 g/mol. The fourth-order valence-electron chi connectivity index (χ4n) is 3.76. The molecule has 1 saturated heterocycles. The van der Waals surface area contributed by atoms with E-state index in [1.165, 1.54) is 56.3 Å². The first-order valence-electron chi connectivity index (χ1n) is 10.1. The highest BCUT2D eigenvalue weighted by Crippen LogP contribution is 2.30. The first-order chi connectivity index (χ1) is 12.4. The number of unbranched alkanes of at least 4 members (excludes halogenated alkanes) is 2. The van der Waals surface area contributed by atoms with E-state index in [0.29, 0.717) is 6.61 Å². The molecule has 1 fully saturated rings. The Morgan fingerprint density at radius 2 is 1.96 bits per heavy atom. The van der Waals surface area contributed by atoms with E-state index >= 15 is 0 Å². The van der Waals surface area contributed by atoms with Crippen molar-refractivity contribution in [2.45, 2.75) is 57.7 Å². The van der Waals surface area contributed by atoms with Crippen molar-refractivity contribution in [3.63, 3.8) is 0 Å². The zero-order valence-electron chi connectivity index (χ0n) is 15.7. The van der Waals surface area contributed by atoms with Gasteiger partial charge in [-0.05, 0) is 43.5 Å². The van der Waals surface area contributed by atoms with Crippen LogP contribution in [0.5, 0.6) is 0 Å². The maximum Gasteiger partial charge on any atom is 0.102 e. The molecule has 0 saturated carbocycles. The van der Waals surface area contributed by atoms with Gasteiger partial charge in [0.2, 0.25) is 0 Å². The second kappa shape index (κ2) is 10.1. The molecular weight excluding hydrogens is 310 g/mol. The molecule has 0 spiro atoms. The van der Waals surface area contributed by atoms with Gasteiger partial charge < -0.3 is 14.4 Å². The Bertz CT molecular complexity index is 537. The minimum absolute atomic E-state index is 0.0827. The molecule has 1 aliphatic carbocycles. The van der Waals surface area contributed by atoms with Gasteiger partial charge in [-0.25, -0.2) is 0 Å². The fraction of sp³-hybridized carbons (Fsp3) is 0.636. The number of hydrogen-bond donors (Lipinski definition) is 0. The van der Waals surface area contributed by atoms with Gasteiger partial charge in [0, 0.05) is 13.2 Å². The molecule has 3 heteroatoms. The van der Waals surface area contributed by atoms with Gasteiger partial charge in [-0.1, -0.05) is 62.6 Å². The first kappa shape index (κ1) is 18.6. The highest BCUT2D eigenvalue weighted by Gasteiger charge is 2.21. The molecule has 138 valence electrons. The van der Waals surface area contributed by atoms with Gasteiger partial charge in [-0.2, -0.15) is 0 Å². The Labute approximate surface area is 153 Å². The Hall–Kier alpha value is -1.16. The third-order valence-electron chi connectivity index (χ3n) is 5.23. The van der Waals surface area contributed by atoms with Gasteiger partial charge in [0.25, 0.3) is 0 Å². The first-order valence-corrected chi connectivity index (χ1v) is 10.1. The predicted molar refractivity (Wildman–Crippen MR) is 104 cm³/mol. The van der Waals surface area contributed by atoms with Crippen molar-refractivity contribution in [2.24, 2.45) is 0 Å². The summed E-state index contributed by atoms with van der Waals surface area (Å²) in [7, 11) is 0. The topological polar surface area (TPSA) is 21.7 Å². The zero-order valence-corrected chi connectivity index (χ0v) is 15.7. The van der Waals surface area contributed by atoms with Crippen LogP contribution < -0.4 is 0 Å². The Morgan fingerprint density at radius 1 is 1.12 bits per heavy atom. The van der Waals surface area contributed by atoms with Crippen molar-refractivity contribution in [1.29, 1.82) is 0 Å². The standard InChI is InChI=1S/C22H33NO2/c1-2-3-9-16-24-20(17-23-14-7-4-8-15-23)18-25-22-13-12-19-10-5-6-11-21(19)22/h5-6,10-13,20,22H,2-4,7-9,14-18H2,1H3. The smallest absolute Gasteiger partial charge is 0.102 e. The van der Waals surface area contributed by atoms with E-state index < -0.39 is 0 Å². The molecule has 25 heavy (non-hydrogen) atoms. The molecule has 3 rings (SSSR count). The Kier molecular flexibility index (Phi) is 7.53. The molecule has 0 amide bonds. The van der Waals surface area contributed by atoms with Crippen LogP contribution >= 0.6 is 0 Å². The van der Waals surface area contributed by atoms with E-state index in [0.717, 1.165) is 19.6 Å². The van der Waals surface area contributed by atoms with Crippen LogP contribution in [-0.2, 0) is 9.47 Å². The molecule has 0 bridgehead atoms. The Morgan fingerprint density at radius 3 is 2.80 bits per heavy atom. The minimum Gasteiger partial charge on any atom is -0.374 e. The number of piperidine rings is 1. The summed E-state index contributed by atoms with van der Waals surface area (Å²) in [5.41, 5.74) is 2.56. The van der Waals surface area contributed by atoms with Crippen LogP contribution in [0.2, 0.25) is 0 Å². The van der Waals surface area contributed by atoms with Crippen molar-refractivity contribution < 1.29 is 9.47 Å². The maximum absolute atomic E-state index is 6.25. The molecule has 1 aromatic rings. The van der Waals surface area contributed by atoms with Gasteiger partial charge in [0.1, 0.15) is 6.10 Å². The summed E-state index contributed by atoms with van der Waals surface area (Å²) in [5.74, 6) is 0. The number of nitrogens with zero attached hydrogens (tertiary/aromatic N) is 1. The van der Waals surface area contributed by atoms with Crippen molar-refractivity contribution in [3.05, 3.63) is 41.5 Å². The predicted octanol–water partition coefficient (Wildman–Crippen LogP) is 4.83. The summed E-state index contributed by atoms with van der Waals surface area (Å²) in [6.45, 7) is 7.18. The summed E-state index contributed by atoms with van der Waals surface area (Å²) in [6, 6.07) is 8.50. The summed E-state index contributed by atoms with van der Waals surface area (Å²) < 4.78 is 12.5. The van der Waals surface area contributed by atoms with Crippen molar-refractivity contribution >= 4 is 6.08 Å². The van der Waals surface area contributed by atoms with Crippen molar-refractivity contribution in [2.75, 3.05) is 32.8 Å². The summed E-state index contributed by atoms with van der Waals surface area (Å²) >= 11 is 0. The average Bonchev–Trinajstić information content (AvgIpc) is 3.07. The molecule has 0 N–H and O–H groups in total. The molecule has 1 aromatic carbocycles. The van der Waals surface area contributed by atoms with E-state index in [-0.39, 0.29) is 12.2 Å². The third-order valence-corrected chi connectivity index (χ3v) is 5.23. The van der Waals surface area contributed by atoms with Crippen LogP contribution in [0.15, 0.2) is 30.3 Å². The lowest BCUT2D eigenvalue weighted by Gasteiger charge is -2.31. The number of ether oxygens (including phenoxy) is 2. The Balaban J connectivity index is 1.50. The number of fused-ring (bicyclic) bond motifs is 1. The maximum atomic E-state index is 6.25. The average molecular weight is 344 g/mol. The van der Waals surface area contributed by atoms with Crippen LogP contribution in [0.4, 0.5) is 0 Å². The highest BCUT2D eigenvalue weighted by molar-refractivity contribution is 5.61. The van der Waals surface area contributed by atoms with Gasteiger partial charge in [0.15, 0.2) is 0 Å². The van der Waals surface area contributed by atoms with Gasteiger partial charge in [0.05, 0.1) is 12.7 Å². The lowest BCUT2D eigenvalue weighted by atomic mass is 10.1. The number of rotatable bonds is 10. The van der Waals surface area contributed by atoms with E-state index in [4.69, 9.17) is 9.47 Å². The zero-order chi connectivity index (χ0) is 17.3. The van der Waals surface area contributed by atoms with Gasteiger partial charge in [-0.15, -0.1) is 0 Å². The van der Waals surface area contributed by atoms with Gasteiger partial charge in [-0.3, -0.25) is 0 Å². The van der Waals surface area contributed by atoms with E-state index in [1.807, 2.05) is 0 Å². The van der Waals surface area contributed by atoms with Crippen molar-refractivity contribution in [1.82, 2.24) is 4.90 Å². The third kappa shape index (κ3) is 5.67. The van der Waals surface area contributed by atoms with E-state index in [1.54, 1.807) is 0 Å². The lowest BCUT2D eigenvalue weighted by molar-refractivity contribution is -0.0488. The molecule has 3 nitrogen and oxygen atoms in total. The van der Waals surface area contributed by atoms with Crippen molar-refractivity contribution in [3.8, 4) is 0 Å². The molecular formula is C22H33NO2. The molecule has 2 atom stereocenters. The lowest BCUT2D eigenvalue weighted by Crippen LogP contribution is -2.39. The minimum atomic E-state index is 0.0827. The normalized spacial score (nSPS) is 21.4. The quantitative estimate of drug-likeness (QED) is 0.568. The van der Waals surface area contributed by atoms with E-state index in [9.17, 15) is 0 Å². The van der Waals surface area contributed by atoms with Crippen LogP contribution in [0, 0.1) is 0 Å². The number of likely N-dealkylation sites (tertiary alicyclic amines) is 1. The fourth-order valence-corrected chi connectivity index (χ4v) is 3.76. The largest absolute Gasteiger partial charge is 0.374 e. The number of hydrogen-bond acceptors (Lipinski definition) is 3. The van der Waals surface area contributed by atoms with Crippen LogP contribution in [0.1, 0.15) is 62.7 Å². The van der Waals surface area contributed by atoms with Crippen LogP contribution in [0.25, 0.3) is 6.08 Å². The molecule has 0 aromatic heterocycles. The molecule has 1 heterocycles. The second-order valence-electron chi connectivity index (χ2n) is 7.30. The molecule has 1 aliphatic heterocycles. The summed E-state index contributed by atoms with van der Waals surface area (Å²) in [4.78, 5) is 2.55. The van der Waals surface area contributed by atoms with Crippen LogP contribution in [-0.4, -0.2) is 43.9 Å². The molecule has 2 unspecified atom stereocenters. The summed E-state index contributed by atoms with van der Waals surface area (Å²) in [6.07, 6.45) is 12.2. The van der Waals surface area contributed by atoms with Crippen LogP contribution in [0.3, 0.4) is 0 Å². The second-order valence-corrected chi connectivity index (χ2v) is 7.30. The highest BCUT2D eigenvalue weighted by atomic mass is 16.5. The number of benzene rings is 1. The SMILES string of the molecule is CCCCCOC(COC1C=Cc2ccccc21)CN1CCCCC1.